The molecule has 2 atom stereocenters. The average molecular weight is 363 g/mol. The minimum Gasteiger partial charge on any atom is -0.457 e. The van der Waals surface area contributed by atoms with Crippen molar-refractivity contribution in [1.29, 1.82) is 0 Å². The second-order valence-corrected chi connectivity index (χ2v) is 5.27. The average Bonchev–Trinajstić information content (AvgIpc) is 2.89. The Hall–Kier alpha value is -1.32. The van der Waals surface area contributed by atoms with Crippen LogP contribution in [0.1, 0.15) is 12.6 Å². The summed E-state index contributed by atoms with van der Waals surface area (Å²) < 4.78 is 12.6. The first-order valence-electron chi connectivity index (χ1n) is 5.41. The van der Waals surface area contributed by atoms with E-state index in [9.17, 15) is 9.59 Å². The molecule has 1 aromatic rings. The number of amides is 1. The highest BCUT2D eigenvalue weighted by Gasteiger charge is 2.46. The van der Waals surface area contributed by atoms with Crippen molar-refractivity contribution >= 4 is 28.7 Å². The van der Waals surface area contributed by atoms with E-state index >= 15 is 0 Å². The smallest absolute Gasteiger partial charge is 0.411 e. The molecule has 0 saturated carbocycles. The van der Waals surface area contributed by atoms with Crippen molar-refractivity contribution in [3.8, 4) is 6.01 Å². The van der Waals surface area contributed by atoms with Crippen molar-refractivity contribution in [3.63, 3.8) is 0 Å². The fourth-order valence-corrected chi connectivity index (χ4v) is 2.78. The number of rotatable bonds is 0. The lowest BCUT2D eigenvalue weighted by atomic mass is 10.3. The molecule has 0 unspecified atom stereocenters. The largest absolute Gasteiger partial charge is 0.457 e. The quantitative estimate of drug-likeness (QED) is 0.631. The molecule has 96 valence electrons. The van der Waals surface area contributed by atoms with Crippen LogP contribution in [-0.2, 0) is 4.74 Å². The van der Waals surface area contributed by atoms with Crippen LogP contribution in [0.4, 0.5) is 4.79 Å². The second-order valence-electron chi connectivity index (χ2n) is 4.11. The summed E-state index contributed by atoms with van der Waals surface area (Å²) in [6, 6.07) is 0.268. The van der Waals surface area contributed by atoms with Gasteiger partial charge >= 0.3 is 12.1 Å². The summed E-state index contributed by atoms with van der Waals surface area (Å²) in [5.41, 5.74) is -0.313. The van der Waals surface area contributed by atoms with Crippen LogP contribution in [0, 0.1) is 3.57 Å². The highest BCUT2D eigenvalue weighted by molar-refractivity contribution is 14.1. The van der Waals surface area contributed by atoms with E-state index < -0.39 is 6.09 Å². The van der Waals surface area contributed by atoms with Crippen molar-refractivity contribution < 1.29 is 14.3 Å². The van der Waals surface area contributed by atoms with Crippen molar-refractivity contribution in [2.75, 3.05) is 13.7 Å². The maximum Gasteiger partial charge on any atom is 0.411 e. The molecule has 3 rings (SSSR count). The third kappa shape index (κ3) is 1.58. The normalized spacial score (nSPS) is 24.4. The van der Waals surface area contributed by atoms with E-state index in [0.717, 1.165) is 0 Å². The molecule has 1 saturated heterocycles. The SMILES string of the molecule is COC(=O)N1CC[C@@H]2Oc3nc(=O)c(I)cn3[C@@H]21. The van der Waals surface area contributed by atoms with Gasteiger partial charge in [-0.05, 0) is 22.6 Å². The van der Waals surface area contributed by atoms with E-state index in [1.54, 1.807) is 15.7 Å². The van der Waals surface area contributed by atoms with Gasteiger partial charge in [0, 0.05) is 19.2 Å². The fourth-order valence-electron chi connectivity index (χ4n) is 2.36. The van der Waals surface area contributed by atoms with Gasteiger partial charge in [0.2, 0.25) is 0 Å². The zero-order valence-corrected chi connectivity index (χ0v) is 11.7. The zero-order chi connectivity index (χ0) is 12.9. The van der Waals surface area contributed by atoms with E-state index in [4.69, 9.17) is 9.47 Å². The first kappa shape index (κ1) is 11.8. The zero-order valence-electron chi connectivity index (χ0n) is 9.50. The van der Waals surface area contributed by atoms with Crippen molar-refractivity contribution in [2.24, 2.45) is 0 Å². The molecular weight excluding hydrogens is 353 g/mol. The van der Waals surface area contributed by atoms with Crippen molar-refractivity contribution in [1.82, 2.24) is 14.5 Å². The van der Waals surface area contributed by atoms with Crippen molar-refractivity contribution in [3.05, 3.63) is 20.1 Å². The third-order valence-electron chi connectivity index (χ3n) is 3.13. The second kappa shape index (κ2) is 4.11. The number of methoxy groups -OCH3 is 1. The highest BCUT2D eigenvalue weighted by Crippen LogP contribution is 2.38. The Morgan fingerprint density at radius 1 is 1.67 bits per heavy atom. The summed E-state index contributed by atoms with van der Waals surface area (Å²) in [6.45, 7) is 0.574. The summed E-state index contributed by atoms with van der Waals surface area (Å²) in [7, 11) is 1.35. The van der Waals surface area contributed by atoms with Crippen LogP contribution in [0.5, 0.6) is 6.01 Å². The summed E-state index contributed by atoms with van der Waals surface area (Å²) in [4.78, 5) is 28.6. The number of carbonyl (C=O) groups excluding carboxylic acids is 1. The number of ether oxygens (including phenoxy) is 2. The Labute approximate surface area is 116 Å². The van der Waals surface area contributed by atoms with E-state index in [1.807, 2.05) is 22.6 Å². The lowest BCUT2D eigenvalue weighted by molar-refractivity contribution is 0.0958. The Balaban J connectivity index is 2.04. The Bertz CT molecular complexity index is 573. The molecule has 1 fully saturated rings. The summed E-state index contributed by atoms with van der Waals surface area (Å²) in [5.74, 6) is 0. The molecule has 0 spiro atoms. The number of halogens is 1. The van der Waals surface area contributed by atoms with Gasteiger partial charge in [-0.15, -0.1) is 0 Å². The molecule has 3 heterocycles. The predicted molar refractivity (Wildman–Crippen MR) is 68.4 cm³/mol. The first-order valence-corrected chi connectivity index (χ1v) is 6.49. The number of likely N-dealkylation sites (tertiary alicyclic amines) is 1. The Morgan fingerprint density at radius 2 is 2.44 bits per heavy atom. The molecule has 0 aromatic carbocycles. The summed E-state index contributed by atoms with van der Waals surface area (Å²) in [6.07, 6.45) is 1.54. The summed E-state index contributed by atoms with van der Waals surface area (Å²) in [5, 5.41) is 0. The Kier molecular flexibility index (Phi) is 2.68. The molecule has 0 bridgehead atoms. The molecule has 2 aliphatic heterocycles. The standard InChI is InChI=1S/C10H10IN3O4/c1-17-10(16)13-3-2-6-8(13)14-4-5(11)7(15)12-9(14)18-6/h4,6,8H,2-3H2,1H3/t6-,8-/m0/s1. The molecule has 18 heavy (non-hydrogen) atoms. The summed E-state index contributed by atoms with van der Waals surface area (Å²) >= 11 is 1.92. The van der Waals surface area contributed by atoms with Crippen LogP contribution in [0.25, 0.3) is 0 Å². The maximum absolute atomic E-state index is 11.7. The van der Waals surface area contributed by atoms with Gasteiger partial charge in [-0.3, -0.25) is 14.3 Å². The van der Waals surface area contributed by atoms with Crippen LogP contribution >= 0.6 is 22.6 Å². The van der Waals surface area contributed by atoms with Crippen LogP contribution < -0.4 is 10.3 Å². The predicted octanol–water partition coefficient (Wildman–Crippen LogP) is 0.580. The van der Waals surface area contributed by atoms with Gasteiger partial charge in [-0.25, -0.2) is 4.79 Å². The minimum atomic E-state index is -0.396. The van der Waals surface area contributed by atoms with E-state index in [-0.39, 0.29) is 23.8 Å². The van der Waals surface area contributed by atoms with Crippen LogP contribution in [-0.4, -0.2) is 40.3 Å². The molecule has 2 aliphatic rings. The van der Waals surface area contributed by atoms with Crippen molar-refractivity contribution in [2.45, 2.75) is 18.7 Å². The van der Waals surface area contributed by atoms with E-state index in [1.165, 1.54) is 7.11 Å². The molecule has 1 aromatic heterocycles. The molecule has 0 aliphatic carbocycles. The van der Waals surface area contributed by atoms with Gasteiger partial charge in [0.1, 0.15) is 6.10 Å². The lowest BCUT2D eigenvalue weighted by Gasteiger charge is -2.22. The van der Waals surface area contributed by atoms with Gasteiger partial charge in [0.05, 0.1) is 10.7 Å². The van der Waals surface area contributed by atoms with E-state index in [2.05, 4.69) is 4.98 Å². The van der Waals surface area contributed by atoms with E-state index in [0.29, 0.717) is 16.5 Å². The maximum atomic E-state index is 11.7. The number of nitrogens with zero attached hydrogens (tertiary/aromatic N) is 3. The fraction of sp³-hybridized carbons (Fsp3) is 0.500. The Morgan fingerprint density at radius 3 is 3.17 bits per heavy atom. The molecule has 0 N–H and O–H groups in total. The first-order chi connectivity index (χ1) is 8.61. The van der Waals surface area contributed by atoms with Gasteiger partial charge < -0.3 is 9.47 Å². The molecule has 1 amide bonds. The lowest BCUT2D eigenvalue weighted by Crippen LogP contribution is -2.35. The number of carbonyl (C=O) groups is 1. The number of hydrogen-bond acceptors (Lipinski definition) is 5. The third-order valence-corrected chi connectivity index (χ3v) is 3.87. The minimum absolute atomic E-state index is 0.158. The molecule has 0 radical (unpaired) electrons. The van der Waals surface area contributed by atoms with Gasteiger partial charge in [0.25, 0.3) is 5.56 Å². The monoisotopic (exact) mass is 363 g/mol. The molecule has 7 nitrogen and oxygen atoms in total. The van der Waals surface area contributed by atoms with Crippen LogP contribution in [0.3, 0.4) is 0 Å². The van der Waals surface area contributed by atoms with Gasteiger partial charge in [-0.1, -0.05) is 0 Å². The molecular formula is C10H10IN3O4. The van der Waals surface area contributed by atoms with Crippen LogP contribution in [0.2, 0.25) is 0 Å². The van der Waals surface area contributed by atoms with Gasteiger partial charge in [-0.2, -0.15) is 4.98 Å². The molecule has 8 heteroatoms. The number of aromatic nitrogens is 2. The highest BCUT2D eigenvalue weighted by atomic mass is 127. The number of fused-ring (bicyclic) bond motifs is 3. The topological polar surface area (TPSA) is 73.7 Å². The number of hydrogen-bond donors (Lipinski definition) is 0. The van der Waals surface area contributed by atoms with Crippen LogP contribution in [0.15, 0.2) is 11.0 Å². The van der Waals surface area contributed by atoms with Gasteiger partial charge in [0.15, 0.2) is 6.17 Å².